The average molecular weight is 184 g/mol. The van der Waals surface area contributed by atoms with Crippen LogP contribution in [0, 0.1) is 11.8 Å². The van der Waals surface area contributed by atoms with Crippen molar-refractivity contribution in [3.8, 4) is 0 Å². The molecule has 1 aliphatic rings. The van der Waals surface area contributed by atoms with E-state index in [9.17, 15) is 4.79 Å². The standard InChI is InChI=1S/C10H20N2O/c1-7(2)10(3,6-11)12-9(13)8-4-5-8/h7-8H,4-6,11H2,1-3H3,(H,12,13). The van der Waals surface area contributed by atoms with Gasteiger partial charge in [0, 0.05) is 12.5 Å². The van der Waals surface area contributed by atoms with Gasteiger partial charge in [0.1, 0.15) is 0 Å². The van der Waals surface area contributed by atoms with Crippen molar-refractivity contribution in [2.45, 2.75) is 39.2 Å². The predicted molar refractivity (Wildman–Crippen MR) is 53.2 cm³/mol. The predicted octanol–water partition coefficient (Wildman–Crippen LogP) is 0.886. The Morgan fingerprint density at radius 2 is 2.15 bits per heavy atom. The van der Waals surface area contributed by atoms with E-state index in [0.717, 1.165) is 12.8 Å². The number of carbonyl (C=O) groups excluding carboxylic acids is 1. The fourth-order valence-corrected chi connectivity index (χ4v) is 1.16. The Kier molecular flexibility index (Phi) is 2.96. The maximum absolute atomic E-state index is 11.5. The van der Waals surface area contributed by atoms with Crippen molar-refractivity contribution >= 4 is 5.91 Å². The largest absolute Gasteiger partial charge is 0.349 e. The zero-order valence-electron chi connectivity index (χ0n) is 8.76. The van der Waals surface area contributed by atoms with Gasteiger partial charge in [-0.25, -0.2) is 0 Å². The first kappa shape index (κ1) is 10.5. The molecule has 1 rings (SSSR count). The van der Waals surface area contributed by atoms with E-state index in [1.807, 2.05) is 6.92 Å². The van der Waals surface area contributed by atoms with E-state index in [1.54, 1.807) is 0 Å². The van der Waals surface area contributed by atoms with Crippen LogP contribution in [-0.4, -0.2) is 18.0 Å². The van der Waals surface area contributed by atoms with Crippen molar-refractivity contribution in [2.75, 3.05) is 6.54 Å². The maximum Gasteiger partial charge on any atom is 0.223 e. The van der Waals surface area contributed by atoms with Crippen molar-refractivity contribution in [3.63, 3.8) is 0 Å². The highest BCUT2D eigenvalue weighted by Gasteiger charge is 2.35. The molecule has 3 heteroatoms. The lowest BCUT2D eigenvalue weighted by Gasteiger charge is -2.33. The first-order valence-corrected chi connectivity index (χ1v) is 5.01. The summed E-state index contributed by atoms with van der Waals surface area (Å²) in [6.07, 6.45) is 2.09. The number of nitrogens with one attached hydrogen (secondary N) is 1. The highest BCUT2D eigenvalue weighted by Crippen LogP contribution is 2.30. The van der Waals surface area contributed by atoms with Crippen molar-refractivity contribution in [3.05, 3.63) is 0 Å². The third kappa shape index (κ3) is 2.44. The topological polar surface area (TPSA) is 55.1 Å². The molecule has 0 heterocycles. The molecular weight excluding hydrogens is 164 g/mol. The number of nitrogens with two attached hydrogens (primary N) is 1. The summed E-state index contributed by atoms with van der Waals surface area (Å²) < 4.78 is 0. The molecule has 1 amide bonds. The summed E-state index contributed by atoms with van der Waals surface area (Å²) in [5, 5.41) is 3.04. The Bertz CT molecular complexity index is 199. The normalized spacial score (nSPS) is 21.3. The summed E-state index contributed by atoms with van der Waals surface area (Å²) in [5.74, 6) is 0.825. The molecule has 3 nitrogen and oxygen atoms in total. The van der Waals surface area contributed by atoms with Gasteiger partial charge in [0.15, 0.2) is 0 Å². The number of carbonyl (C=O) groups is 1. The number of amides is 1. The van der Waals surface area contributed by atoms with Gasteiger partial charge in [-0.3, -0.25) is 4.79 Å². The molecule has 1 aliphatic carbocycles. The summed E-state index contributed by atoms with van der Waals surface area (Å²) in [6, 6.07) is 0. The highest BCUT2D eigenvalue weighted by atomic mass is 16.2. The van der Waals surface area contributed by atoms with Crippen molar-refractivity contribution in [1.82, 2.24) is 5.32 Å². The molecule has 76 valence electrons. The van der Waals surface area contributed by atoms with E-state index in [4.69, 9.17) is 5.73 Å². The van der Waals surface area contributed by atoms with Crippen LogP contribution in [0.2, 0.25) is 0 Å². The zero-order valence-corrected chi connectivity index (χ0v) is 8.76. The fraction of sp³-hybridized carbons (Fsp3) is 0.900. The lowest BCUT2D eigenvalue weighted by molar-refractivity contribution is -0.124. The monoisotopic (exact) mass is 184 g/mol. The van der Waals surface area contributed by atoms with Crippen LogP contribution >= 0.6 is 0 Å². The lowest BCUT2D eigenvalue weighted by atomic mass is 9.88. The fourth-order valence-electron chi connectivity index (χ4n) is 1.16. The molecule has 0 radical (unpaired) electrons. The molecular formula is C10H20N2O. The minimum Gasteiger partial charge on any atom is -0.349 e. The summed E-state index contributed by atoms with van der Waals surface area (Å²) in [4.78, 5) is 11.5. The molecule has 0 bridgehead atoms. The van der Waals surface area contributed by atoms with Gasteiger partial charge in [-0.05, 0) is 25.7 Å². The summed E-state index contributed by atoms with van der Waals surface area (Å²) >= 11 is 0. The third-order valence-electron chi connectivity index (χ3n) is 3.06. The van der Waals surface area contributed by atoms with Gasteiger partial charge in [-0.2, -0.15) is 0 Å². The molecule has 0 aromatic rings. The third-order valence-corrected chi connectivity index (χ3v) is 3.06. The second kappa shape index (κ2) is 3.66. The maximum atomic E-state index is 11.5. The van der Waals surface area contributed by atoms with E-state index in [-0.39, 0.29) is 17.4 Å². The smallest absolute Gasteiger partial charge is 0.223 e. The van der Waals surface area contributed by atoms with Gasteiger partial charge in [0.2, 0.25) is 5.91 Å². The van der Waals surface area contributed by atoms with Crippen molar-refractivity contribution < 1.29 is 4.79 Å². The van der Waals surface area contributed by atoms with Crippen LogP contribution in [0.4, 0.5) is 0 Å². The first-order chi connectivity index (χ1) is 5.99. The van der Waals surface area contributed by atoms with Gasteiger partial charge >= 0.3 is 0 Å². The molecule has 0 spiro atoms. The molecule has 0 aromatic heterocycles. The van der Waals surface area contributed by atoms with Crippen LogP contribution in [0.5, 0.6) is 0 Å². The zero-order chi connectivity index (χ0) is 10.1. The Morgan fingerprint density at radius 1 is 1.62 bits per heavy atom. The van der Waals surface area contributed by atoms with Gasteiger partial charge in [0.25, 0.3) is 0 Å². The van der Waals surface area contributed by atoms with Crippen LogP contribution in [0.25, 0.3) is 0 Å². The van der Waals surface area contributed by atoms with Gasteiger partial charge in [-0.15, -0.1) is 0 Å². The SMILES string of the molecule is CC(C)C(C)(CN)NC(=O)C1CC1. The Balaban J connectivity index is 2.51. The highest BCUT2D eigenvalue weighted by molar-refractivity contribution is 5.81. The van der Waals surface area contributed by atoms with E-state index < -0.39 is 0 Å². The summed E-state index contributed by atoms with van der Waals surface area (Å²) in [6.45, 7) is 6.68. The average Bonchev–Trinajstić information content (AvgIpc) is 2.85. The lowest BCUT2D eigenvalue weighted by Crippen LogP contribution is -2.55. The Hall–Kier alpha value is -0.570. The van der Waals surface area contributed by atoms with Crippen LogP contribution in [0.15, 0.2) is 0 Å². The van der Waals surface area contributed by atoms with Gasteiger partial charge in [-0.1, -0.05) is 13.8 Å². The van der Waals surface area contributed by atoms with E-state index in [0.29, 0.717) is 12.5 Å². The molecule has 3 N–H and O–H groups in total. The Labute approximate surface area is 80.1 Å². The van der Waals surface area contributed by atoms with E-state index in [1.165, 1.54) is 0 Å². The minimum absolute atomic E-state index is 0.182. The quantitative estimate of drug-likeness (QED) is 0.681. The second-order valence-electron chi connectivity index (χ2n) is 4.54. The molecule has 13 heavy (non-hydrogen) atoms. The molecule has 0 aliphatic heterocycles. The Morgan fingerprint density at radius 3 is 2.46 bits per heavy atom. The first-order valence-electron chi connectivity index (χ1n) is 5.01. The molecule has 0 saturated heterocycles. The molecule has 1 atom stereocenters. The van der Waals surface area contributed by atoms with Crippen LogP contribution in [0.1, 0.15) is 33.6 Å². The number of hydrogen-bond donors (Lipinski definition) is 2. The summed E-state index contributed by atoms with van der Waals surface area (Å²) in [7, 11) is 0. The molecule has 1 unspecified atom stereocenters. The minimum atomic E-state index is -0.236. The molecule has 0 aromatic carbocycles. The van der Waals surface area contributed by atoms with Gasteiger partial charge < -0.3 is 11.1 Å². The van der Waals surface area contributed by atoms with E-state index >= 15 is 0 Å². The van der Waals surface area contributed by atoms with Crippen LogP contribution in [-0.2, 0) is 4.79 Å². The number of rotatable bonds is 4. The summed E-state index contributed by atoms with van der Waals surface area (Å²) in [5.41, 5.74) is 5.43. The molecule has 1 saturated carbocycles. The van der Waals surface area contributed by atoms with Crippen molar-refractivity contribution in [2.24, 2.45) is 17.6 Å². The van der Waals surface area contributed by atoms with Crippen LogP contribution < -0.4 is 11.1 Å². The van der Waals surface area contributed by atoms with Crippen LogP contribution in [0.3, 0.4) is 0 Å². The van der Waals surface area contributed by atoms with Gasteiger partial charge in [0.05, 0.1) is 5.54 Å². The van der Waals surface area contributed by atoms with E-state index in [2.05, 4.69) is 19.2 Å². The number of hydrogen-bond acceptors (Lipinski definition) is 2. The van der Waals surface area contributed by atoms with Crippen molar-refractivity contribution in [1.29, 1.82) is 0 Å². The second-order valence-corrected chi connectivity index (χ2v) is 4.54. The molecule has 1 fully saturated rings.